The molecule has 0 aliphatic carbocycles. The Morgan fingerprint density at radius 2 is 1.64 bits per heavy atom. The van der Waals surface area contributed by atoms with E-state index in [2.05, 4.69) is 42.8 Å². The lowest BCUT2D eigenvalue weighted by atomic mass is 9.90. The van der Waals surface area contributed by atoms with Crippen LogP contribution in [-0.4, -0.2) is 46.9 Å². The molecule has 0 radical (unpaired) electrons. The summed E-state index contributed by atoms with van der Waals surface area (Å²) < 4.78 is 6.96. The quantitative estimate of drug-likeness (QED) is 0.192. The summed E-state index contributed by atoms with van der Waals surface area (Å²) in [6, 6.07) is 22.7. The number of aryl methyl sites for hydroxylation is 1. The van der Waals surface area contributed by atoms with E-state index in [1.165, 1.54) is 0 Å². The molecule has 1 aliphatic heterocycles. The average molecular weight is 629 g/mol. The van der Waals surface area contributed by atoms with E-state index in [1.807, 2.05) is 60.4 Å². The van der Waals surface area contributed by atoms with Crippen LogP contribution in [0.4, 0.5) is 26.8 Å². The summed E-state index contributed by atoms with van der Waals surface area (Å²) in [7, 11) is 1.56. The second-order valence-electron chi connectivity index (χ2n) is 12.6. The highest BCUT2D eigenvalue weighted by Crippen LogP contribution is 2.29. The normalized spacial score (nSPS) is 13.8. The predicted octanol–water partition coefficient (Wildman–Crippen LogP) is 8.27. The van der Waals surface area contributed by atoms with Gasteiger partial charge in [-0.05, 0) is 80.1 Å². The molecule has 4 aromatic rings. The van der Waals surface area contributed by atoms with Crippen LogP contribution in [0.25, 0.3) is 5.69 Å². The van der Waals surface area contributed by atoms with Crippen molar-refractivity contribution < 1.29 is 14.3 Å². The Hall–Kier alpha value is -4.50. The van der Waals surface area contributed by atoms with Gasteiger partial charge in [0, 0.05) is 35.9 Å². The van der Waals surface area contributed by atoms with E-state index < -0.39 is 0 Å². The van der Waals surface area contributed by atoms with Crippen molar-refractivity contribution in [2.75, 3.05) is 36.1 Å². The lowest BCUT2D eigenvalue weighted by Gasteiger charge is -2.32. The molecule has 45 heavy (non-hydrogen) atoms. The van der Waals surface area contributed by atoms with E-state index >= 15 is 0 Å². The average Bonchev–Trinajstić information content (AvgIpc) is 3.42. The molecule has 3 aromatic carbocycles. The molecular formula is C35H41ClN6O3. The number of hydrogen-bond acceptors (Lipinski definition) is 4. The molecule has 0 atom stereocenters. The van der Waals surface area contributed by atoms with Gasteiger partial charge in [0.1, 0.15) is 11.6 Å². The maximum atomic E-state index is 13.1. The summed E-state index contributed by atoms with van der Waals surface area (Å²) >= 11 is 6.20. The van der Waals surface area contributed by atoms with Gasteiger partial charge in [-0.3, -0.25) is 5.32 Å². The number of nitrogens with zero attached hydrogens (tertiary/aromatic N) is 3. The van der Waals surface area contributed by atoms with Crippen LogP contribution in [-0.2, 0) is 11.8 Å². The molecule has 5 rings (SSSR count). The number of halogens is 1. The first-order valence-electron chi connectivity index (χ1n) is 15.2. The maximum absolute atomic E-state index is 13.1. The third-order valence-corrected chi connectivity index (χ3v) is 8.31. The van der Waals surface area contributed by atoms with Crippen molar-refractivity contribution >= 4 is 40.9 Å². The molecule has 3 N–H and O–H groups in total. The number of ether oxygens (including phenoxy) is 1. The van der Waals surface area contributed by atoms with Crippen molar-refractivity contribution in [2.24, 2.45) is 5.92 Å². The summed E-state index contributed by atoms with van der Waals surface area (Å²) in [6.07, 6.45) is 2.66. The van der Waals surface area contributed by atoms with Gasteiger partial charge in [-0.2, -0.15) is 5.10 Å². The first-order chi connectivity index (χ1) is 21.5. The fraction of sp³-hybridized carbons (Fsp3) is 0.343. The smallest absolute Gasteiger partial charge is 0.324 e. The molecule has 9 nitrogen and oxygen atoms in total. The number of carbonyl (C=O) groups excluding carboxylic acids is 2. The van der Waals surface area contributed by atoms with Gasteiger partial charge in [0.15, 0.2) is 0 Å². The first-order valence-corrected chi connectivity index (χ1v) is 15.6. The summed E-state index contributed by atoms with van der Waals surface area (Å²) in [6.45, 7) is 9.68. The van der Waals surface area contributed by atoms with Gasteiger partial charge in [0.05, 0.1) is 23.5 Å². The third kappa shape index (κ3) is 8.16. The zero-order valence-electron chi connectivity index (χ0n) is 26.5. The Labute approximate surface area is 269 Å². The molecule has 1 aliphatic rings. The van der Waals surface area contributed by atoms with Crippen molar-refractivity contribution in [3.63, 3.8) is 0 Å². The summed E-state index contributed by atoms with van der Waals surface area (Å²) in [5.74, 6) is 1.60. The minimum absolute atomic E-state index is 0.134. The van der Waals surface area contributed by atoms with Crippen LogP contribution in [0.5, 0.6) is 5.75 Å². The van der Waals surface area contributed by atoms with Crippen LogP contribution >= 0.6 is 11.6 Å². The van der Waals surface area contributed by atoms with E-state index in [0.29, 0.717) is 41.3 Å². The van der Waals surface area contributed by atoms with Gasteiger partial charge in [0.25, 0.3) is 0 Å². The van der Waals surface area contributed by atoms with Crippen LogP contribution in [0.1, 0.15) is 50.4 Å². The Kier molecular flexibility index (Phi) is 9.68. The predicted molar refractivity (Wildman–Crippen MR) is 181 cm³/mol. The second kappa shape index (κ2) is 13.6. The molecule has 0 saturated carbocycles. The number of nitrogens with one attached hydrogen (secondary N) is 3. The van der Waals surface area contributed by atoms with Crippen LogP contribution in [0, 0.1) is 12.8 Å². The molecular weight excluding hydrogens is 588 g/mol. The molecule has 2 heterocycles. The molecule has 4 amide bonds. The number of aromatic nitrogens is 2. The Balaban J connectivity index is 1.16. The minimum Gasteiger partial charge on any atom is -0.495 e. The Bertz CT molecular complexity index is 1650. The first kappa shape index (κ1) is 31.9. The molecule has 236 valence electrons. The third-order valence-electron chi connectivity index (χ3n) is 8.01. The molecule has 0 unspecified atom stereocenters. The van der Waals surface area contributed by atoms with Gasteiger partial charge in [0.2, 0.25) is 0 Å². The van der Waals surface area contributed by atoms with Crippen molar-refractivity contribution in [1.29, 1.82) is 0 Å². The lowest BCUT2D eigenvalue weighted by molar-refractivity contribution is 0.182. The van der Waals surface area contributed by atoms with E-state index in [1.54, 1.807) is 30.0 Å². The molecule has 0 bridgehead atoms. The number of piperidine rings is 1. The number of rotatable bonds is 7. The van der Waals surface area contributed by atoms with E-state index in [-0.39, 0.29) is 17.5 Å². The fourth-order valence-corrected chi connectivity index (χ4v) is 5.65. The Morgan fingerprint density at radius 3 is 2.31 bits per heavy atom. The number of urea groups is 2. The molecule has 10 heteroatoms. The SMILES string of the molecule is COc1ccc(NC(=O)N2CCC(Cc3cccc(NC(=O)Nc4cc(C(C)(C)C)nn4-c4ccc(C)cc4)c3)CC2)cc1Cl. The maximum Gasteiger partial charge on any atom is 0.324 e. The number of likely N-dealkylation sites (tertiary alicyclic amines) is 1. The zero-order chi connectivity index (χ0) is 32.1. The summed E-state index contributed by atoms with van der Waals surface area (Å²) in [5, 5.41) is 14.2. The Morgan fingerprint density at radius 1 is 0.933 bits per heavy atom. The van der Waals surface area contributed by atoms with Crippen LogP contribution in [0.2, 0.25) is 5.02 Å². The number of hydrogen-bond donors (Lipinski definition) is 3. The van der Waals surface area contributed by atoms with E-state index in [0.717, 1.165) is 47.5 Å². The lowest BCUT2D eigenvalue weighted by Crippen LogP contribution is -2.41. The number of benzene rings is 3. The molecule has 0 spiro atoms. The fourth-order valence-electron chi connectivity index (χ4n) is 5.39. The van der Waals surface area contributed by atoms with Gasteiger partial charge < -0.3 is 20.3 Å². The second-order valence-corrected chi connectivity index (χ2v) is 13.0. The standard InChI is InChI=1S/C35H41ClN6O3/c1-23-9-12-28(13-10-23)42-32(22-31(40-42)35(2,3)4)39-33(43)37-26-8-6-7-25(20-26)19-24-15-17-41(18-16-24)34(44)38-27-11-14-30(45-5)29(36)21-27/h6-14,20-22,24H,15-19H2,1-5H3,(H,38,44)(H2,37,39,43). The number of methoxy groups -OCH3 is 1. The number of carbonyl (C=O) groups is 2. The van der Waals surface area contributed by atoms with Crippen molar-refractivity contribution in [1.82, 2.24) is 14.7 Å². The van der Waals surface area contributed by atoms with Gasteiger partial charge in [-0.15, -0.1) is 0 Å². The molecule has 1 fully saturated rings. The monoisotopic (exact) mass is 628 g/mol. The topological polar surface area (TPSA) is 101 Å². The van der Waals surface area contributed by atoms with Crippen LogP contribution in [0.3, 0.4) is 0 Å². The van der Waals surface area contributed by atoms with Crippen molar-refractivity contribution in [3.8, 4) is 11.4 Å². The molecule has 1 saturated heterocycles. The van der Waals surface area contributed by atoms with Gasteiger partial charge >= 0.3 is 12.1 Å². The zero-order valence-corrected chi connectivity index (χ0v) is 27.2. The highest BCUT2D eigenvalue weighted by Gasteiger charge is 2.24. The van der Waals surface area contributed by atoms with Crippen LogP contribution < -0.4 is 20.7 Å². The largest absolute Gasteiger partial charge is 0.495 e. The highest BCUT2D eigenvalue weighted by atomic mass is 35.5. The van der Waals surface area contributed by atoms with E-state index in [9.17, 15) is 9.59 Å². The van der Waals surface area contributed by atoms with Crippen LogP contribution in [0.15, 0.2) is 72.8 Å². The summed E-state index contributed by atoms with van der Waals surface area (Å²) in [4.78, 5) is 27.8. The van der Waals surface area contributed by atoms with Gasteiger partial charge in [-0.25, -0.2) is 14.3 Å². The summed E-state index contributed by atoms with van der Waals surface area (Å²) in [5.41, 5.74) is 5.23. The number of amides is 4. The van der Waals surface area contributed by atoms with Crippen molar-refractivity contribution in [3.05, 3.63) is 94.6 Å². The number of anilines is 3. The minimum atomic E-state index is -0.335. The highest BCUT2D eigenvalue weighted by molar-refractivity contribution is 6.32. The van der Waals surface area contributed by atoms with Crippen molar-refractivity contribution in [2.45, 2.75) is 52.4 Å². The van der Waals surface area contributed by atoms with Gasteiger partial charge in [-0.1, -0.05) is 62.2 Å². The molecule has 1 aromatic heterocycles. The van der Waals surface area contributed by atoms with E-state index in [4.69, 9.17) is 21.4 Å².